The summed E-state index contributed by atoms with van der Waals surface area (Å²) in [7, 11) is 2.34. The lowest BCUT2D eigenvalue weighted by atomic mass is 9.94. The average molecular weight is 346 g/mol. The van der Waals surface area contributed by atoms with Gasteiger partial charge >= 0.3 is 0 Å². The Balaban J connectivity index is 2.38. The number of carbonyl (C=O) groups excluding carboxylic acids is 1. The van der Waals surface area contributed by atoms with Crippen molar-refractivity contribution in [2.45, 2.75) is 42.7 Å². The molecule has 1 fully saturated rings. The number of hydrogen-bond donors (Lipinski definition) is 5. The van der Waals surface area contributed by atoms with Crippen molar-refractivity contribution >= 4 is 5.91 Å². The van der Waals surface area contributed by atoms with E-state index in [0.717, 1.165) is 18.1 Å². The molecule has 0 aromatic heterocycles. The Labute approximate surface area is 136 Å². The normalized spacial score (nSPS) is 43.2. The molecule has 11 nitrogen and oxygen atoms in total. The lowest BCUT2D eigenvalue weighted by Crippen LogP contribution is -2.64. The van der Waals surface area contributed by atoms with Crippen molar-refractivity contribution in [2.75, 3.05) is 14.2 Å². The number of carbonyl (C=O) groups is 1. The van der Waals surface area contributed by atoms with Gasteiger partial charge in [-0.25, -0.2) is 0 Å². The van der Waals surface area contributed by atoms with Gasteiger partial charge in [0.25, 0.3) is 11.5 Å². The van der Waals surface area contributed by atoms with Crippen molar-refractivity contribution in [3.8, 4) is 6.07 Å². The van der Waals surface area contributed by atoms with Crippen LogP contribution in [0, 0.1) is 11.3 Å². The first kappa shape index (κ1) is 18.6. The summed E-state index contributed by atoms with van der Waals surface area (Å²) < 4.78 is 15.1. The van der Waals surface area contributed by atoms with E-state index in [1.807, 2.05) is 0 Å². The molecule has 7 atom stereocenters. The summed E-state index contributed by atoms with van der Waals surface area (Å²) >= 11 is 0. The Morgan fingerprint density at radius 3 is 2.42 bits per heavy atom. The average Bonchev–Trinajstić information content (AvgIpc) is 2.57. The van der Waals surface area contributed by atoms with Crippen LogP contribution in [-0.2, 0) is 19.0 Å². The van der Waals surface area contributed by atoms with Gasteiger partial charge in [-0.15, -0.1) is 0 Å². The van der Waals surface area contributed by atoms with Crippen molar-refractivity contribution < 1.29 is 44.5 Å². The molecular weight excluding hydrogens is 328 g/mol. The molecule has 0 aliphatic carbocycles. The Hall–Kier alpha value is -1.78. The Morgan fingerprint density at radius 1 is 1.25 bits per heavy atom. The van der Waals surface area contributed by atoms with E-state index in [4.69, 9.17) is 14.2 Å². The van der Waals surface area contributed by atoms with Gasteiger partial charge < -0.3 is 44.6 Å². The third-order valence-electron chi connectivity index (χ3n) is 3.93. The molecule has 0 spiro atoms. The van der Waals surface area contributed by atoms with Gasteiger partial charge in [-0.05, 0) is 0 Å². The molecule has 5 N–H and O–H groups in total. The number of likely N-dealkylation sites (N-methyl/N-ethyl adjacent to an activating group) is 1. The van der Waals surface area contributed by atoms with Crippen LogP contribution in [0.2, 0.25) is 0 Å². The van der Waals surface area contributed by atoms with Crippen LogP contribution in [-0.4, -0.2) is 93.2 Å². The van der Waals surface area contributed by atoms with Gasteiger partial charge in [0.1, 0.15) is 24.4 Å². The van der Waals surface area contributed by atoms with Crippen LogP contribution < -0.4 is 0 Å². The fourth-order valence-electron chi connectivity index (χ4n) is 2.42. The zero-order valence-corrected chi connectivity index (χ0v) is 12.8. The number of aliphatic hydroxyl groups excluding tert-OH is 5. The molecule has 1 saturated heterocycles. The summed E-state index contributed by atoms with van der Waals surface area (Å²) in [6, 6.07) is 1.65. The van der Waals surface area contributed by atoms with E-state index in [0.29, 0.717) is 0 Å². The van der Waals surface area contributed by atoms with Crippen molar-refractivity contribution in [1.29, 1.82) is 5.26 Å². The fourth-order valence-corrected chi connectivity index (χ4v) is 2.42. The van der Waals surface area contributed by atoms with Crippen LogP contribution >= 0.6 is 0 Å². The lowest BCUT2D eigenvalue weighted by molar-refractivity contribution is -0.362. The maximum atomic E-state index is 11.7. The third-order valence-corrected chi connectivity index (χ3v) is 3.93. The predicted molar refractivity (Wildman–Crippen MR) is 72.2 cm³/mol. The fraction of sp³-hybridized carbons (Fsp3) is 0.692. The highest BCUT2D eigenvalue weighted by molar-refractivity contribution is 5.90. The molecule has 2 aliphatic heterocycles. The maximum absolute atomic E-state index is 11.7. The Morgan fingerprint density at radius 2 is 1.88 bits per heavy atom. The van der Waals surface area contributed by atoms with Crippen molar-refractivity contribution in [2.24, 2.45) is 0 Å². The molecule has 2 rings (SSSR count). The maximum Gasteiger partial charge on any atom is 0.258 e. The summed E-state index contributed by atoms with van der Waals surface area (Å²) in [5.41, 5.74) is -2.29. The largest absolute Gasteiger partial charge is 0.496 e. The summed E-state index contributed by atoms with van der Waals surface area (Å²) in [6.07, 6.45) is -10.1. The topological polar surface area (TPSA) is 173 Å². The van der Waals surface area contributed by atoms with Gasteiger partial charge in [0.2, 0.25) is 0 Å². The molecule has 24 heavy (non-hydrogen) atoms. The standard InChI is InChI=1S/C13H18N2O9/c1-15-6(16)3-5(22-2)13(4-14,12(15)21)24-11-9(19)7(17)8(18)10(20)23-11/h3,7-12,17-21H,1-2H3. The molecule has 134 valence electrons. The third kappa shape index (κ3) is 2.74. The van der Waals surface area contributed by atoms with Crippen LogP contribution in [0.3, 0.4) is 0 Å². The van der Waals surface area contributed by atoms with Gasteiger partial charge in [-0.3, -0.25) is 4.79 Å². The van der Waals surface area contributed by atoms with Gasteiger partial charge in [0.05, 0.1) is 7.11 Å². The van der Waals surface area contributed by atoms with Gasteiger partial charge in [0.15, 0.2) is 24.6 Å². The summed E-state index contributed by atoms with van der Waals surface area (Å²) in [4.78, 5) is 12.5. The Bertz CT molecular complexity index is 576. The number of hydrogen-bond acceptors (Lipinski definition) is 10. The molecule has 0 radical (unpaired) electrons. The number of amides is 1. The molecule has 1 amide bonds. The van der Waals surface area contributed by atoms with Crippen molar-refractivity contribution in [3.63, 3.8) is 0 Å². The number of rotatable bonds is 3. The first-order valence-corrected chi connectivity index (χ1v) is 6.87. The summed E-state index contributed by atoms with van der Waals surface area (Å²) in [5.74, 6) is -1.01. The quantitative estimate of drug-likeness (QED) is 0.343. The molecule has 0 saturated carbocycles. The molecule has 0 bridgehead atoms. The monoisotopic (exact) mass is 346 g/mol. The van der Waals surface area contributed by atoms with E-state index in [-0.39, 0.29) is 5.76 Å². The number of ether oxygens (including phenoxy) is 3. The van der Waals surface area contributed by atoms with Crippen LogP contribution in [0.15, 0.2) is 11.8 Å². The van der Waals surface area contributed by atoms with Crippen LogP contribution in [0.4, 0.5) is 0 Å². The minimum atomic E-state index is -2.29. The predicted octanol–water partition coefficient (Wildman–Crippen LogP) is -3.66. The van der Waals surface area contributed by atoms with Gasteiger partial charge in [0, 0.05) is 13.1 Å². The summed E-state index contributed by atoms with van der Waals surface area (Å²) in [5, 5.41) is 58.4. The first-order chi connectivity index (χ1) is 11.2. The van der Waals surface area contributed by atoms with E-state index in [9.17, 15) is 35.6 Å². The van der Waals surface area contributed by atoms with Crippen LogP contribution in [0.25, 0.3) is 0 Å². The van der Waals surface area contributed by atoms with E-state index in [1.54, 1.807) is 6.07 Å². The molecule has 7 unspecified atom stereocenters. The molecular formula is C13H18N2O9. The smallest absolute Gasteiger partial charge is 0.258 e. The SMILES string of the molecule is COC1=CC(=O)N(C)C(O)C1(C#N)OC1OC(O)C(O)C(O)C1O. The van der Waals surface area contributed by atoms with Gasteiger partial charge in [-0.2, -0.15) is 5.26 Å². The van der Waals surface area contributed by atoms with Crippen molar-refractivity contribution in [3.05, 3.63) is 11.8 Å². The highest BCUT2D eigenvalue weighted by Crippen LogP contribution is 2.35. The molecule has 11 heteroatoms. The highest BCUT2D eigenvalue weighted by Gasteiger charge is 2.56. The second-order valence-electron chi connectivity index (χ2n) is 5.37. The second kappa shape index (κ2) is 6.61. The van der Waals surface area contributed by atoms with Crippen LogP contribution in [0.5, 0.6) is 0 Å². The zero-order chi connectivity index (χ0) is 18.2. The minimum Gasteiger partial charge on any atom is -0.496 e. The summed E-state index contributed by atoms with van der Waals surface area (Å²) in [6.45, 7) is 0. The van der Waals surface area contributed by atoms with Crippen molar-refractivity contribution in [1.82, 2.24) is 4.90 Å². The lowest BCUT2D eigenvalue weighted by Gasteiger charge is -2.45. The highest BCUT2D eigenvalue weighted by atomic mass is 16.8. The molecule has 2 aliphatic rings. The van der Waals surface area contributed by atoms with Crippen LogP contribution in [0.1, 0.15) is 0 Å². The molecule has 2 heterocycles. The number of nitrogens with zero attached hydrogens (tertiary/aromatic N) is 2. The van der Waals surface area contributed by atoms with E-state index >= 15 is 0 Å². The molecule has 0 aromatic rings. The number of methoxy groups -OCH3 is 1. The Kier molecular flexibility index (Phi) is 5.11. The number of aliphatic hydroxyl groups is 5. The van der Waals surface area contributed by atoms with E-state index in [1.165, 1.54) is 7.05 Å². The van der Waals surface area contributed by atoms with E-state index < -0.39 is 48.6 Å². The van der Waals surface area contributed by atoms with E-state index in [2.05, 4.69) is 0 Å². The number of nitriles is 1. The zero-order valence-electron chi connectivity index (χ0n) is 12.8. The molecule has 0 aromatic carbocycles. The van der Waals surface area contributed by atoms with Gasteiger partial charge in [-0.1, -0.05) is 0 Å². The second-order valence-corrected chi connectivity index (χ2v) is 5.37. The minimum absolute atomic E-state index is 0.355. The first-order valence-electron chi connectivity index (χ1n) is 6.87.